The van der Waals surface area contributed by atoms with Crippen molar-refractivity contribution in [3.8, 4) is 28.6 Å². The third kappa shape index (κ3) is 2.77. The average Bonchev–Trinajstić information content (AvgIpc) is 3.18. The van der Waals surface area contributed by atoms with Crippen molar-refractivity contribution < 1.29 is 24.1 Å². The Morgan fingerprint density at radius 3 is 2.77 bits per heavy atom. The molecule has 1 atom stereocenters. The lowest BCUT2D eigenvalue weighted by Crippen LogP contribution is -2.58. The number of nitrogens with zero attached hydrogens (tertiary/aromatic N) is 4. The Kier molecular flexibility index (Phi) is 4.44. The molecule has 30 heavy (non-hydrogen) atoms. The molecule has 0 fully saturated rings. The summed E-state index contributed by atoms with van der Waals surface area (Å²) in [7, 11) is 0. The van der Waals surface area contributed by atoms with Gasteiger partial charge in [-0.1, -0.05) is 40.2 Å². The lowest BCUT2D eigenvalue weighted by molar-refractivity contribution is -0.764. The second-order valence-electron chi connectivity index (χ2n) is 6.70. The Balaban J connectivity index is 1.85. The van der Waals surface area contributed by atoms with Crippen molar-refractivity contribution in [2.75, 3.05) is 17.9 Å². The number of rotatable bonds is 2. The molecule has 5 rings (SSSR count). The molecule has 0 saturated heterocycles. The van der Waals surface area contributed by atoms with Crippen LogP contribution in [0, 0.1) is 0 Å². The van der Waals surface area contributed by atoms with Crippen LogP contribution in [0.5, 0.6) is 17.4 Å². The SMILES string of the molecule is CSc1nc([O-])c2[n+](n1)C(c1cc3c(cc1Cl)OCO3)N(C(C)=O)c1ccccc1-2. The van der Waals surface area contributed by atoms with Gasteiger partial charge in [0, 0.05) is 18.1 Å². The Bertz CT molecular complexity index is 1210. The third-order valence-corrected chi connectivity index (χ3v) is 5.87. The minimum atomic E-state index is -0.795. The summed E-state index contributed by atoms with van der Waals surface area (Å²) < 4.78 is 12.4. The minimum absolute atomic E-state index is 0.0896. The van der Waals surface area contributed by atoms with Crippen molar-refractivity contribution in [2.45, 2.75) is 18.2 Å². The van der Waals surface area contributed by atoms with Crippen LogP contribution >= 0.6 is 23.4 Å². The Morgan fingerprint density at radius 1 is 1.30 bits per heavy atom. The summed E-state index contributed by atoms with van der Waals surface area (Å²) in [6.07, 6.45) is 0.986. The van der Waals surface area contributed by atoms with E-state index in [-0.39, 0.29) is 12.7 Å². The molecule has 1 unspecified atom stereocenters. The number of amides is 1. The average molecular weight is 443 g/mol. The summed E-state index contributed by atoms with van der Waals surface area (Å²) in [6, 6.07) is 10.5. The number of hydrogen-bond acceptors (Lipinski definition) is 7. The van der Waals surface area contributed by atoms with E-state index in [0.717, 1.165) is 0 Å². The highest BCUT2D eigenvalue weighted by atomic mass is 35.5. The molecule has 2 aliphatic rings. The predicted molar refractivity (Wildman–Crippen MR) is 108 cm³/mol. The number of hydrogen-bond donors (Lipinski definition) is 0. The van der Waals surface area contributed by atoms with Gasteiger partial charge < -0.3 is 14.6 Å². The van der Waals surface area contributed by atoms with E-state index in [2.05, 4.69) is 10.1 Å². The first-order valence-corrected chi connectivity index (χ1v) is 10.6. The van der Waals surface area contributed by atoms with Crippen molar-refractivity contribution in [1.82, 2.24) is 10.1 Å². The number of halogens is 1. The molecule has 0 spiro atoms. The number of fused-ring (bicyclic) bond motifs is 4. The highest BCUT2D eigenvalue weighted by molar-refractivity contribution is 7.98. The lowest BCUT2D eigenvalue weighted by Gasteiger charge is -2.33. The van der Waals surface area contributed by atoms with Gasteiger partial charge >= 0.3 is 0 Å². The maximum Gasteiger partial charge on any atom is 0.294 e. The van der Waals surface area contributed by atoms with E-state index in [1.165, 1.54) is 23.4 Å². The van der Waals surface area contributed by atoms with Crippen LogP contribution in [0.2, 0.25) is 5.02 Å². The van der Waals surface area contributed by atoms with Gasteiger partial charge in [-0.15, -0.1) is 0 Å². The first-order valence-electron chi connectivity index (χ1n) is 9.02. The first-order chi connectivity index (χ1) is 14.5. The number of benzene rings is 2. The van der Waals surface area contributed by atoms with Gasteiger partial charge in [0.2, 0.25) is 12.7 Å². The summed E-state index contributed by atoms with van der Waals surface area (Å²) in [5.74, 6) is 0.389. The van der Waals surface area contributed by atoms with Gasteiger partial charge in [-0.05, 0) is 24.5 Å². The molecule has 3 heterocycles. The fraction of sp³-hybridized carbons (Fsp3) is 0.200. The second kappa shape index (κ2) is 7.03. The molecule has 1 aromatic heterocycles. The van der Waals surface area contributed by atoms with Crippen molar-refractivity contribution in [1.29, 1.82) is 0 Å². The fourth-order valence-corrected chi connectivity index (χ4v) is 4.37. The Labute approximate surface area is 181 Å². The third-order valence-electron chi connectivity index (χ3n) is 5.01. The van der Waals surface area contributed by atoms with Crippen molar-refractivity contribution in [3.05, 3.63) is 47.0 Å². The second-order valence-corrected chi connectivity index (χ2v) is 7.88. The molecular formula is C20H15ClN4O4S. The number of anilines is 1. The summed E-state index contributed by atoms with van der Waals surface area (Å²) in [5.41, 5.74) is 2.02. The van der Waals surface area contributed by atoms with Crippen LogP contribution in [0.15, 0.2) is 41.6 Å². The maximum atomic E-state index is 13.0. The number of thioether (sulfide) groups is 1. The van der Waals surface area contributed by atoms with Gasteiger partial charge in [0.1, 0.15) is 0 Å². The largest absolute Gasteiger partial charge is 0.854 e. The standard InChI is InChI=1S/C20H15ClN4O4S/c1-10(26)24-14-6-4-3-5-11(14)17-18(27)22-20(30-2)23-25(17)19(24)12-7-15-16(8-13(12)21)29-9-28-15/h3-8,19H,9H2,1-2H3. The van der Waals surface area contributed by atoms with E-state index in [1.54, 1.807) is 41.5 Å². The van der Waals surface area contributed by atoms with Crippen LogP contribution in [0.25, 0.3) is 11.3 Å². The topological polar surface area (TPSA) is 91.5 Å². The number of ether oxygens (including phenoxy) is 2. The number of carbonyl (C=O) groups is 1. The molecular weight excluding hydrogens is 428 g/mol. The molecule has 10 heteroatoms. The van der Waals surface area contributed by atoms with Gasteiger partial charge in [-0.3, -0.25) is 4.79 Å². The smallest absolute Gasteiger partial charge is 0.294 e. The van der Waals surface area contributed by atoms with E-state index >= 15 is 0 Å². The molecule has 0 aliphatic carbocycles. The van der Waals surface area contributed by atoms with Crippen LogP contribution in [0.1, 0.15) is 18.7 Å². The zero-order valence-corrected chi connectivity index (χ0v) is 17.5. The zero-order valence-electron chi connectivity index (χ0n) is 16.0. The predicted octanol–water partition coefficient (Wildman–Crippen LogP) is 2.52. The highest BCUT2D eigenvalue weighted by Gasteiger charge is 2.45. The van der Waals surface area contributed by atoms with Crippen LogP contribution in [-0.2, 0) is 4.79 Å². The van der Waals surface area contributed by atoms with E-state index in [4.69, 9.17) is 21.1 Å². The summed E-state index contributed by atoms with van der Waals surface area (Å²) >= 11 is 7.85. The molecule has 152 valence electrons. The highest BCUT2D eigenvalue weighted by Crippen LogP contribution is 2.45. The quantitative estimate of drug-likeness (QED) is 0.444. The van der Waals surface area contributed by atoms with Gasteiger partial charge in [0.15, 0.2) is 11.5 Å². The van der Waals surface area contributed by atoms with E-state index in [1.807, 2.05) is 6.07 Å². The molecule has 0 radical (unpaired) electrons. The molecule has 3 aromatic rings. The molecule has 0 bridgehead atoms. The lowest BCUT2D eigenvalue weighted by atomic mass is 10.0. The molecule has 0 saturated carbocycles. The number of para-hydroxylation sites is 1. The zero-order chi connectivity index (χ0) is 21.0. The van der Waals surface area contributed by atoms with Crippen LogP contribution in [0.3, 0.4) is 0 Å². The summed E-state index contributed by atoms with van der Waals surface area (Å²) in [5, 5.41) is 18.2. The van der Waals surface area contributed by atoms with Crippen molar-refractivity contribution in [3.63, 3.8) is 0 Å². The monoisotopic (exact) mass is 442 g/mol. The molecule has 2 aliphatic heterocycles. The molecule has 2 aromatic carbocycles. The molecule has 1 amide bonds. The van der Waals surface area contributed by atoms with Gasteiger partial charge in [-0.25, -0.2) is 9.88 Å². The van der Waals surface area contributed by atoms with Gasteiger partial charge in [0.05, 0.1) is 27.7 Å². The van der Waals surface area contributed by atoms with E-state index in [0.29, 0.717) is 44.2 Å². The minimum Gasteiger partial charge on any atom is -0.854 e. The fourth-order valence-electron chi connectivity index (χ4n) is 3.77. The first kappa shape index (κ1) is 19.0. The van der Waals surface area contributed by atoms with Gasteiger partial charge in [-0.2, -0.15) is 0 Å². The summed E-state index contributed by atoms with van der Waals surface area (Å²) in [6.45, 7) is 1.55. The van der Waals surface area contributed by atoms with Crippen LogP contribution < -0.4 is 24.2 Å². The number of carbonyl (C=O) groups excluding carboxylic acids is 1. The van der Waals surface area contributed by atoms with Crippen molar-refractivity contribution >= 4 is 35.0 Å². The Hall–Kier alpha value is -3.04. The van der Waals surface area contributed by atoms with Gasteiger partial charge in [0.25, 0.3) is 17.0 Å². The maximum absolute atomic E-state index is 13.0. The van der Waals surface area contributed by atoms with Crippen molar-refractivity contribution in [2.24, 2.45) is 0 Å². The van der Waals surface area contributed by atoms with Crippen LogP contribution in [0.4, 0.5) is 5.69 Å². The number of aromatic nitrogens is 3. The molecule has 0 N–H and O–H groups in total. The van der Waals surface area contributed by atoms with Crippen LogP contribution in [-0.4, -0.2) is 29.0 Å². The van der Waals surface area contributed by atoms with E-state index in [9.17, 15) is 9.90 Å². The Morgan fingerprint density at radius 2 is 2.03 bits per heavy atom. The normalized spacial score (nSPS) is 16.2. The summed E-state index contributed by atoms with van der Waals surface area (Å²) in [4.78, 5) is 18.5. The van der Waals surface area contributed by atoms with E-state index < -0.39 is 12.0 Å². The molecule has 8 nitrogen and oxygen atoms in total.